The number of benzene rings is 3. The summed E-state index contributed by atoms with van der Waals surface area (Å²) < 4.78 is 5.99. The third-order valence-electron chi connectivity index (χ3n) is 4.58. The Morgan fingerprint density at radius 2 is 1.73 bits per heavy atom. The predicted molar refractivity (Wildman–Crippen MR) is 124 cm³/mol. The molecule has 4 rings (SSSR count). The van der Waals surface area contributed by atoms with E-state index in [0.29, 0.717) is 32.3 Å². The molecule has 0 spiro atoms. The Balaban J connectivity index is 1.87. The number of amides is 1. The van der Waals surface area contributed by atoms with Crippen LogP contribution < -0.4 is 15.5 Å². The zero-order chi connectivity index (χ0) is 21.3. The van der Waals surface area contributed by atoms with Crippen molar-refractivity contribution >= 4 is 55.5 Å². The molecule has 0 atom stereocenters. The molecule has 150 valence electrons. The molecule has 0 unspecified atom stereocenters. The molecule has 1 amide bonds. The molecule has 0 saturated carbocycles. The van der Waals surface area contributed by atoms with E-state index < -0.39 is 5.91 Å². The quantitative estimate of drug-likeness (QED) is 0.382. The number of methoxy groups -OCH3 is 1. The summed E-state index contributed by atoms with van der Waals surface area (Å²) in [5.41, 5.74) is 1.21. The van der Waals surface area contributed by atoms with Crippen LogP contribution in [0.2, 0.25) is 10.0 Å². The molecular formula is C23H15Cl2NO3S. The zero-order valence-electron chi connectivity index (χ0n) is 15.7. The van der Waals surface area contributed by atoms with Gasteiger partial charge in [0, 0.05) is 15.1 Å². The van der Waals surface area contributed by atoms with Crippen molar-refractivity contribution in [2.24, 2.45) is 0 Å². The SMILES string of the molecule is COc1ccc(-c2c(NC(=O)c3ccc(Cl)cc3Cl)sc3ccccc3c2=O)cc1. The van der Waals surface area contributed by atoms with E-state index in [0.717, 1.165) is 4.70 Å². The lowest BCUT2D eigenvalue weighted by Crippen LogP contribution is -2.16. The fourth-order valence-electron chi connectivity index (χ4n) is 3.09. The summed E-state index contributed by atoms with van der Waals surface area (Å²) in [4.78, 5) is 26.2. The van der Waals surface area contributed by atoms with Crippen molar-refractivity contribution < 1.29 is 9.53 Å². The van der Waals surface area contributed by atoms with Gasteiger partial charge in [0.2, 0.25) is 0 Å². The minimum absolute atomic E-state index is 0.160. The molecular weight excluding hydrogens is 441 g/mol. The Hall–Kier alpha value is -2.86. The lowest BCUT2D eigenvalue weighted by atomic mass is 10.1. The van der Waals surface area contributed by atoms with Crippen LogP contribution in [0.5, 0.6) is 5.75 Å². The van der Waals surface area contributed by atoms with Gasteiger partial charge in [0.25, 0.3) is 5.91 Å². The first-order chi connectivity index (χ1) is 14.5. The van der Waals surface area contributed by atoms with Crippen LogP contribution in [0, 0.1) is 0 Å². The predicted octanol–water partition coefficient (Wildman–Crippen LogP) is 6.50. The average molecular weight is 456 g/mol. The molecule has 0 aliphatic heterocycles. The molecule has 4 aromatic rings. The van der Waals surface area contributed by atoms with E-state index in [9.17, 15) is 9.59 Å². The minimum atomic E-state index is -0.419. The maximum Gasteiger partial charge on any atom is 0.257 e. The number of fused-ring (bicyclic) bond motifs is 1. The Kier molecular flexibility index (Phi) is 5.77. The second-order valence-electron chi connectivity index (χ2n) is 6.44. The van der Waals surface area contributed by atoms with Crippen LogP contribution in [0.1, 0.15) is 10.4 Å². The summed E-state index contributed by atoms with van der Waals surface area (Å²) in [5, 5.41) is 4.58. The largest absolute Gasteiger partial charge is 0.497 e. The molecule has 1 heterocycles. The Bertz CT molecular complexity index is 1320. The number of hydrogen-bond acceptors (Lipinski definition) is 4. The highest BCUT2D eigenvalue weighted by Gasteiger charge is 2.18. The molecule has 7 heteroatoms. The monoisotopic (exact) mass is 455 g/mol. The summed E-state index contributed by atoms with van der Waals surface area (Å²) in [6.45, 7) is 0. The first-order valence-electron chi connectivity index (χ1n) is 8.94. The zero-order valence-corrected chi connectivity index (χ0v) is 18.1. The second-order valence-corrected chi connectivity index (χ2v) is 8.33. The number of anilines is 1. The van der Waals surface area contributed by atoms with E-state index in [4.69, 9.17) is 27.9 Å². The van der Waals surface area contributed by atoms with Crippen molar-refractivity contribution in [1.29, 1.82) is 0 Å². The number of halogens is 2. The van der Waals surface area contributed by atoms with Gasteiger partial charge in [-0.15, -0.1) is 11.3 Å². The van der Waals surface area contributed by atoms with Gasteiger partial charge in [0.05, 0.1) is 23.3 Å². The number of hydrogen-bond donors (Lipinski definition) is 1. The topological polar surface area (TPSA) is 55.4 Å². The van der Waals surface area contributed by atoms with Crippen molar-refractivity contribution in [1.82, 2.24) is 0 Å². The summed E-state index contributed by atoms with van der Waals surface area (Å²) >= 11 is 13.5. The van der Waals surface area contributed by atoms with Crippen LogP contribution in [0.3, 0.4) is 0 Å². The molecule has 3 aromatic carbocycles. The normalized spacial score (nSPS) is 10.8. The Morgan fingerprint density at radius 1 is 1.00 bits per heavy atom. The van der Waals surface area contributed by atoms with Gasteiger partial charge in [0.1, 0.15) is 10.8 Å². The fraction of sp³-hybridized carbons (Fsp3) is 0.0435. The Morgan fingerprint density at radius 3 is 2.43 bits per heavy atom. The van der Waals surface area contributed by atoms with Crippen molar-refractivity contribution in [3.63, 3.8) is 0 Å². The van der Waals surface area contributed by atoms with Gasteiger partial charge in [0.15, 0.2) is 5.43 Å². The lowest BCUT2D eigenvalue weighted by molar-refractivity contribution is 0.102. The van der Waals surface area contributed by atoms with E-state index in [1.54, 1.807) is 49.6 Å². The number of nitrogens with one attached hydrogen (secondary N) is 1. The summed E-state index contributed by atoms with van der Waals surface area (Å²) in [7, 11) is 1.58. The van der Waals surface area contributed by atoms with Gasteiger partial charge in [-0.05, 0) is 48.0 Å². The number of ether oxygens (including phenoxy) is 1. The highest BCUT2D eigenvalue weighted by Crippen LogP contribution is 2.35. The first-order valence-corrected chi connectivity index (χ1v) is 10.5. The van der Waals surface area contributed by atoms with Crippen LogP contribution in [-0.4, -0.2) is 13.0 Å². The first kappa shape index (κ1) is 20.4. The van der Waals surface area contributed by atoms with Gasteiger partial charge in [-0.1, -0.05) is 47.5 Å². The van der Waals surface area contributed by atoms with Crippen molar-refractivity contribution in [3.05, 3.63) is 92.6 Å². The Labute approximate surface area is 186 Å². The molecule has 1 N–H and O–H groups in total. The molecule has 30 heavy (non-hydrogen) atoms. The minimum Gasteiger partial charge on any atom is -0.497 e. The van der Waals surface area contributed by atoms with Gasteiger partial charge >= 0.3 is 0 Å². The summed E-state index contributed by atoms with van der Waals surface area (Å²) in [6, 6.07) is 19.1. The van der Waals surface area contributed by atoms with Crippen molar-refractivity contribution in [2.45, 2.75) is 0 Å². The van der Waals surface area contributed by atoms with E-state index >= 15 is 0 Å². The van der Waals surface area contributed by atoms with Gasteiger partial charge in [-0.25, -0.2) is 0 Å². The third kappa shape index (κ3) is 3.92. The maximum absolute atomic E-state index is 13.3. The second kappa shape index (κ2) is 8.48. The fourth-order valence-corrected chi connectivity index (χ4v) is 4.68. The van der Waals surface area contributed by atoms with Crippen LogP contribution in [0.4, 0.5) is 5.00 Å². The number of rotatable bonds is 4. The third-order valence-corrected chi connectivity index (χ3v) is 6.21. The molecule has 0 aliphatic carbocycles. The molecule has 0 bridgehead atoms. The summed E-state index contributed by atoms with van der Waals surface area (Å²) in [6.07, 6.45) is 0. The standard InChI is InChI=1S/C23H15Cl2NO3S/c1-29-15-9-6-13(7-10-15)20-21(27)17-4-2-3-5-19(17)30-23(20)26-22(28)16-11-8-14(24)12-18(16)25/h2-12H,1H3,(H,26,28). The van der Waals surface area contributed by atoms with Crippen molar-refractivity contribution in [2.75, 3.05) is 12.4 Å². The molecule has 1 aromatic heterocycles. The van der Waals surface area contributed by atoms with Gasteiger partial charge < -0.3 is 10.1 Å². The average Bonchev–Trinajstić information content (AvgIpc) is 2.74. The summed E-state index contributed by atoms with van der Waals surface area (Å²) in [5.74, 6) is 0.256. The van der Waals surface area contributed by atoms with Crippen LogP contribution >= 0.6 is 34.5 Å². The highest BCUT2D eigenvalue weighted by atomic mass is 35.5. The molecule has 0 aliphatic rings. The van der Waals surface area contributed by atoms with E-state index in [2.05, 4.69) is 5.32 Å². The molecule has 0 fully saturated rings. The smallest absolute Gasteiger partial charge is 0.257 e. The molecule has 0 radical (unpaired) electrons. The van der Waals surface area contributed by atoms with E-state index in [1.807, 2.05) is 18.2 Å². The van der Waals surface area contributed by atoms with Gasteiger partial charge in [-0.2, -0.15) is 0 Å². The van der Waals surface area contributed by atoms with Crippen LogP contribution in [-0.2, 0) is 0 Å². The van der Waals surface area contributed by atoms with E-state index in [1.165, 1.54) is 17.4 Å². The van der Waals surface area contributed by atoms with Gasteiger partial charge in [-0.3, -0.25) is 9.59 Å². The number of carbonyl (C=O) groups excluding carboxylic acids is 1. The van der Waals surface area contributed by atoms with E-state index in [-0.39, 0.29) is 16.0 Å². The molecule has 0 saturated heterocycles. The van der Waals surface area contributed by atoms with Crippen LogP contribution in [0.25, 0.3) is 21.2 Å². The van der Waals surface area contributed by atoms with Crippen LogP contribution in [0.15, 0.2) is 71.5 Å². The number of carbonyl (C=O) groups is 1. The molecule has 4 nitrogen and oxygen atoms in total. The maximum atomic E-state index is 13.3. The highest BCUT2D eigenvalue weighted by molar-refractivity contribution is 7.22. The van der Waals surface area contributed by atoms with Crippen molar-refractivity contribution in [3.8, 4) is 16.9 Å². The lowest BCUT2D eigenvalue weighted by Gasteiger charge is -2.13.